The van der Waals surface area contributed by atoms with Crippen molar-refractivity contribution in [2.24, 2.45) is 0 Å². The summed E-state index contributed by atoms with van der Waals surface area (Å²) in [6.45, 7) is 8.72. The Morgan fingerprint density at radius 3 is 2.70 bits per heavy atom. The summed E-state index contributed by atoms with van der Waals surface area (Å²) in [7, 11) is 0. The lowest BCUT2D eigenvalue weighted by molar-refractivity contribution is -0.131. The molecule has 0 radical (unpaired) electrons. The summed E-state index contributed by atoms with van der Waals surface area (Å²) in [5.74, 6) is 0.175. The van der Waals surface area contributed by atoms with E-state index >= 15 is 0 Å². The smallest absolute Gasteiger partial charge is 0.227 e. The molecular weight excluding hydrogens is 336 g/mol. The Kier molecular flexibility index (Phi) is 4.65. The Hall–Kier alpha value is -2.75. The van der Waals surface area contributed by atoms with Gasteiger partial charge in [-0.1, -0.05) is 24.3 Å². The first-order valence-electron chi connectivity index (χ1n) is 9.59. The van der Waals surface area contributed by atoms with E-state index in [1.54, 1.807) is 6.26 Å². The molecule has 0 spiro atoms. The molecule has 0 aliphatic carbocycles. The number of nitrogens with zero attached hydrogens (tertiary/aromatic N) is 2. The van der Waals surface area contributed by atoms with Crippen LogP contribution >= 0.6 is 0 Å². The zero-order valence-corrected chi connectivity index (χ0v) is 16.2. The van der Waals surface area contributed by atoms with Gasteiger partial charge in [-0.3, -0.25) is 4.79 Å². The highest BCUT2D eigenvalue weighted by Gasteiger charge is 2.27. The number of aryl methyl sites for hydroxylation is 2. The number of piperazine rings is 1. The predicted octanol–water partition coefficient (Wildman–Crippen LogP) is 4.33. The fourth-order valence-electron chi connectivity index (χ4n) is 3.98. The van der Waals surface area contributed by atoms with Crippen LogP contribution in [0.2, 0.25) is 0 Å². The molecule has 2 aromatic carbocycles. The second-order valence-corrected chi connectivity index (χ2v) is 7.66. The Labute approximate surface area is 160 Å². The van der Waals surface area contributed by atoms with Crippen LogP contribution in [0.15, 0.2) is 53.1 Å². The van der Waals surface area contributed by atoms with Crippen LogP contribution in [0.4, 0.5) is 5.69 Å². The summed E-state index contributed by atoms with van der Waals surface area (Å²) in [5.41, 5.74) is 5.50. The molecule has 4 heteroatoms. The van der Waals surface area contributed by atoms with Crippen molar-refractivity contribution < 1.29 is 9.21 Å². The van der Waals surface area contributed by atoms with Gasteiger partial charge in [0.25, 0.3) is 0 Å². The fraction of sp³-hybridized carbons (Fsp3) is 0.348. The highest BCUT2D eigenvalue weighted by molar-refractivity contribution is 5.88. The molecule has 1 amide bonds. The van der Waals surface area contributed by atoms with Gasteiger partial charge in [0.05, 0.1) is 12.7 Å². The maximum atomic E-state index is 12.9. The van der Waals surface area contributed by atoms with E-state index in [0.29, 0.717) is 12.5 Å². The molecule has 1 aromatic heterocycles. The van der Waals surface area contributed by atoms with Crippen molar-refractivity contribution >= 4 is 22.6 Å². The zero-order valence-electron chi connectivity index (χ0n) is 16.2. The SMILES string of the molecule is Cc1cccc(N2CCN(C(=O)Cc3coc4cc(C)ccc34)CC2C)c1. The van der Waals surface area contributed by atoms with Crippen molar-refractivity contribution in [2.45, 2.75) is 33.2 Å². The highest BCUT2D eigenvalue weighted by Crippen LogP contribution is 2.25. The van der Waals surface area contributed by atoms with Crippen molar-refractivity contribution in [3.63, 3.8) is 0 Å². The average molecular weight is 362 g/mol. The Bertz CT molecular complexity index is 975. The molecule has 0 bridgehead atoms. The number of rotatable bonds is 3. The molecule has 0 saturated carbocycles. The van der Waals surface area contributed by atoms with Crippen LogP contribution in [0.1, 0.15) is 23.6 Å². The largest absolute Gasteiger partial charge is 0.464 e. The van der Waals surface area contributed by atoms with Gasteiger partial charge in [0, 0.05) is 42.3 Å². The first kappa shape index (κ1) is 17.7. The van der Waals surface area contributed by atoms with Crippen LogP contribution in [0, 0.1) is 13.8 Å². The van der Waals surface area contributed by atoms with Crippen LogP contribution in [0.5, 0.6) is 0 Å². The third-order valence-corrected chi connectivity index (χ3v) is 5.47. The molecule has 1 aliphatic heterocycles. The minimum Gasteiger partial charge on any atom is -0.464 e. The summed E-state index contributed by atoms with van der Waals surface area (Å²) in [5, 5.41) is 1.04. The van der Waals surface area contributed by atoms with E-state index in [4.69, 9.17) is 4.42 Å². The van der Waals surface area contributed by atoms with E-state index in [0.717, 1.165) is 41.7 Å². The number of carbonyl (C=O) groups excluding carboxylic acids is 1. The lowest BCUT2D eigenvalue weighted by Gasteiger charge is -2.41. The van der Waals surface area contributed by atoms with Crippen LogP contribution in [-0.4, -0.2) is 36.5 Å². The monoisotopic (exact) mass is 362 g/mol. The van der Waals surface area contributed by atoms with Crippen LogP contribution in [-0.2, 0) is 11.2 Å². The molecule has 140 valence electrons. The quantitative estimate of drug-likeness (QED) is 0.696. The van der Waals surface area contributed by atoms with Crippen LogP contribution in [0.3, 0.4) is 0 Å². The normalized spacial score (nSPS) is 17.5. The first-order chi connectivity index (χ1) is 13.0. The molecule has 2 heterocycles. The van der Waals surface area contributed by atoms with E-state index < -0.39 is 0 Å². The molecule has 4 nitrogen and oxygen atoms in total. The van der Waals surface area contributed by atoms with Gasteiger partial charge in [0.1, 0.15) is 5.58 Å². The Morgan fingerprint density at radius 1 is 1.11 bits per heavy atom. The van der Waals surface area contributed by atoms with Crippen molar-refractivity contribution in [1.29, 1.82) is 0 Å². The second-order valence-electron chi connectivity index (χ2n) is 7.66. The summed E-state index contributed by atoms with van der Waals surface area (Å²) < 4.78 is 5.65. The van der Waals surface area contributed by atoms with Crippen molar-refractivity contribution in [3.05, 3.63) is 65.4 Å². The van der Waals surface area contributed by atoms with Crippen LogP contribution < -0.4 is 4.90 Å². The molecular formula is C23H26N2O2. The number of carbonyl (C=O) groups is 1. The van der Waals surface area contributed by atoms with Crippen molar-refractivity contribution in [2.75, 3.05) is 24.5 Å². The molecule has 4 rings (SSSR count). The van der Waals surface area contributed by atoms with Gasteiger partial charge in [0.15, 0.2) is 0 Å². The third kappa shape index (κ3) is 3.57. The van der Waals surface area contributed by atoms with E-state index in [9.17, 15) is 4.79 Å². The van der Waals surface area contributed by atoms with Crippen molar-refractivity contribution in [1.82, 2.24) is 4.90 Å². The lowest BCUT2D eigenvalue weighted by atomic mass is 10.1. The number of anilines is 1. The third-order valence-electron chi connectivity index (χ3n) is 5.47. The summed E-state index contributed by atoms with van der Waals surface area (Å²) in [6.07, 6.45) is 2.13. The highest BCUT2D eigenvalue weighted by atomic mass is 16.3. The number of benzene rings is 2. The lowest BCUT2D eigenvalue weighted by Crippen LogP contribution is -2.54. The number of hydrogen-bond acceptors (Lipinski definition) is 3. The van der Waals surface area contributed by atoms with E-state index in [1.807, 2.05) is 17.9 Å². The molecule has 1 atom stereocenters. The number of hydrogen-bond donors (Lipinski definition) is 0. The minimum absolute atomic E-state index is 0.175. The van der Waals surface area contributed by atoms with Gasteiger partial charge in [-0.25, -0.2) is 0 Å². The molecule has 1 fully saturated rings. The fourth-order valence-corrected chi connectivity index (χ4v) is 3.98. The maximum Gasteiger partial charge on any atom is 0.227 e. The summed E-state index contributed by atoms with van der Waals surface area (Å²) in [6, 6.07) is 15.0. The number of furan rings is 1. The second kappa shape index (κ2) is 7.10. The van der Waals surface area contributed by atoms with E-state index in [-0.39, 0.29) is 5.91 Å². The Balaban J connectivity index is 1.44. The number of amides is 1. The van der Waals surface area contributed by atoms with Crippen molar-refractivity contribution in [3.8, 4) is 0 Å². The topological polar surface area (TPSA) is 36.7 Å². The molecule has 1 unspecified atom stereocenters. The average Bonchev–Trinajstić information content (AvgIpc) is 3.03. The van der Waals surface area contributed by atoms with Gasteiger partial charge < -0.3 is 14.2 Å². The van der Waals surface area contributed by atoms with E-state index in [2.05, 4.69) is 55.1 Å². The molecule has 1 saturated heterocycles. The van der Waals surface area contributed by atoms with Gasteiger partial charge >= 0.3 is 0 Å². The molecule has 27 heavy (non-hydrogen) atoms. The minimum atomic E-state index is 0.175. The van der Waals surface area contributed by atoms with Gasteiger partial charge in [-0.05, 0) is 50.1 Å². The maximum absolute atomic E-state index is 12.9. The zero-order chi connectivity index (χ0) is 19.0. The van der Waals surface area contributed by atoms with Gasteiger partial charge in [0.2, 0.25) is 5.91 Å². The van der Waals surface area contributed by atoms with Gasteiger partial charge in [-0.2, -0.15) is 0 Å². The number of fused-ring (bicyclic) bond motifs is 1. The van der Waals surface area contributed by atoms with Crippen LogP contribution in [0.25, 0.3) is 11.0 Å². The van der Waals surface area contributed by atoms with Gasteiger partial charge in [-0.15, -0.1) is 0 Å². The first-order valence-corrected chi connectivity index (χ1v) is 9.59. The predicted molar refractivity (Wildman–Crippen MR) is 109 cm³/mol. The molecule has 0 N–H and O–H groups in total. The Morgan fingerprint density at radius 2 is 1.93 bits per heavy atom. The summed E-state index contributed by atoms with van der Waals surface area (Å²) in [4.78, 5) is 17.3. The summed E-state index contributed by atoms with van der Waals surface area (Å²) >= 11 is 0. The molecule has 3 aromatic rings. The molecule has 1 aliphatic rings. The standard InChI is InChI=1S/C23H26N2O2/c1-16-5-4-6-20(11-16)25-10-9-24(14-18(25)3)23(26)13-19-15-27-22-12-17(2)7-8-21(19)22/h4-8,11-12,15,18H,9-10,13-14H2,1-3H3. The van der Waals surface area contributed by atoms with E-state index in [1.165, 1.54) is 11.3 Å².